The summed E-state index contributed by atoms with van der Waals surface area (Å²) in [5.74, 6) is -0.370. The number of methoxy groups -OCH3 is 1. The zero-order valence-electron chi connectivity index (χ0n) is 12.0. The summed E-state index contributed by atoms with van der Waals surface area (Å²) in [5.41, 5.74) is 0.955. The molecule has 0 amide bonds. The summed E-state index contributed by atoms with van der Waals surface area (Å²) < 4.78 is 20.6. The van der Waals surface area contributed by atoms with Crippen LogP contribution in [0.1, 0.15) is 12.5 Å². The molecule has 20 heavy (non-hydrogen) atoms. The molecule has 1 unspecified atom stereocenters. The van der Waals surface area contributed by atoms with E-state index in [1.54, 1.807) is 14.0 Å². The van der Waals surface area contributed by atoms with Crippen LogP contribution < -0.4 is 0 Å². The third-order valence-corrected chi connectivity index (χ3v) is 2.58. The summed E-state index contributed by atoms with van der Waals surface area (Å²) in [6, 6.07) is 9.53. The average molecular weight is 282 g/mol. The fourth-order valence-corrected chi connectivity index (χ4v) is 1.44. The van der Waals surface area contributed by atoms with Gasteiger partial charge < -0.3 is 18.9 Å². The minimum atomic E-state index is -0.593. The third-order valence-electron chi connectivity index (χ3n) is 2.58. The zero-order chi connectivity index (χ0) is 14.6. The predicted molar refractivity (Wildman–Crippen MR) is 74.3 cm³/mol. The van der Waals surface area contributed by atoms with Gasteiger partial charge in [-0.2, -0.15) is 0 Å². The molecule has 0 aliphatic carbocycles. The maximum absolute atomic E-state index is 11.7. The second kappa shape index (κ2) is 10.4. The molecule has 0 radical (unpaired) electrons. The molecule has 0 N–H and O–H groups in total. The molecule has 0 aliphatic heterocycles. The van der Waals surface area contributed by atoms with E-state index >= 15 is 0 Å². The Balaban J connectivity index is 2.10. The number of hydrogen-bond donors (Lipinski definition) is 0. The lowest BCUT2D eigenvalue weighted by molar-refractivity contribution is -0.158. The van der Waals surface area contributed by atoms with Gasteiger partial charge in [0, 0.05) is 7.11 Å². The van der Waals surface area contributed by atoms with Crippen LogP contribution in [-0.4, -0.2) is 45.6 Å². The molecule has 0 aliphatic rings. The van der Waals surface area contributed by atoms with Gasteiger partial charge in [-0.3, -0.25) is 0 Å². The van der Waals surface area contributed by atoms with Crippen LogP contribution >= 0.6 is 0 Å². The lowest BCUT2D eigenvalue weighted by atomic mass is 10.2. The normalized spacial score (nSPS) is 12.1. The van der Waals surface area contributed by atoms with Gasteiger partial charge in [-0.25, -0.2) is 4.79 Å². The maximum atomic E-state index is 11.7. The molecule has 5 heteroatoms. The number of carbonyl (C=O) groups is 1. The summed E-state index contributed by atoms with van der Waals surface area (Å²) >= 11 is 0. The summed E-state index contributed by atoms with van der Waals surface area (Å²) in [7, 11) is 1.62. The van der Waals surface area contributed by atoms with Gasteiger partial charge in [0.15, 0.2) is 6.10 Å². The van der Waals surface area contributed by atoms with Gasteiger partial charge in [0.25, 0.3) is 0 Å². The third kappa shape index (κ3) is 7.23. The van der Waals surface area contributed by atoms with Crippen LogP contribution in [0.5, 0.6) is 0 Å². The first kappa shape index (κ1) is 16.6. The number of carbonyl (C=O) groups excluding carboxylic acids is 1. The number of rotatable bonds is 10. The van der Waals surface area contributed by atoms with E-state index < -0.39 is 6.10 Å². The summed E-state index contributed by atoms with van der Waals surface area (Å²) in [4.78, 5) is 11.7. The summed E-state index contributed by atoms with van der Waals surface area (Å²) in [6.07, 6.45) is -0.593. The van der Waals surface area contributed by atoms with Gasteiger partial charge in [0.1, 0.15) is 6.61 Å². The standard InChI is InChI=1S/C15H22O5/c1-13(19-11-10-18-9-8-17-2)15(16)20-12-14-6-4-3-5-7-14/h3-7,13H,8-12H2,1-2H3. The second-order valence-electron chi connectivity index (χ2n) is 4.21. The highest BCUT2D eigenvalue weighted by molar-refractivity contribution is 5.74. The van der Waals surface area contributed by atoms with E-state index in [0.29, 0.717) is 26.4 Å². The molecule has 0 saturated carbocycles. The lowest BCUT2D eigenvalue weighted by Crippen LogP contribution is -2.25. The molecule has 5 nitrogen and oxygen atoms in total. The fraction of sp³-hybridized carbons (Fsp3) is 0.533. The molecule has 0 bridgehead atoms. The van der Waals surface area contributed by atoms with Crippen molar-refractivity contribution in [2.24, 2.45) is 0 Å². The predicted octanol–water partition coefficient (Wildman–Crippen LogP) is 1.80. The Morgan fingerprint density at radius 2 is 1.80 bits per heavy atom. The molecule has 1 aromatic carbocycles. The molecule has 1 aromatic rings. The molecule has 0 spiro atoms. The van der Waals surface area contributed by atoms with Crippen LogP contribution in [0.15, 0.2) is 30.3 Å². The van der Waals surface area contributed by atoms with Crippen molar-refractivity contribution < 1.29 is 23.7 Å². The number of benzene rings is 1. The Morgan fingerprint density at radius 1 is 1.10 bits per heavy atom. The van der Waals surface area contributed by atoms with E-state index in [2.05, 4.69) is 0 Å². The largest absolute Gasteiger partial charge is 0.459 e. The molecular formula is C15H22O5. The molecular weight excluding hydrogens is 260 g/mol. The van der Waals surface area contributed by atoms with Gasteiger partial charge in [-0.1, -0.05) is 30.3 Å². The first-order valence-corrected chi connectivity index (χ1v) is 6.63. The van der Waals surface area contributed by atoms with E-state index in [0.717, 1.165) is 5.56 Å². The molecule has 1 rings (SSSR count). The Kier molecular flexibility index (Phi) is 8.62. The molecule has 0 fully saturated rings. The van der Waals surface area contributed by atoms with Crippen molar-refractivity contribution >= 4 is 5.97 Å². The van der Waals surface area contributed by atoms with Gasteiger partial charge in [-0.05, 0) is 12.5 Å². The molecule has 0 aromatic heterocycles. The SMILES string of the molecule is COCCOCCOC(C)C(=O)OCc1ccccc1. The summed E-state index contributed by atoms with van der Waals surface area (Å²) in [6.45, 7) is 3.78. The van der Waals surface area contributed by atoms with Crippen molar-refractivity contribution in [3.63, 3.8) is 0 Å². The minimum Gasteiger partial charge on any atom is -0.459 e. The van der Waals surface area contributed by atoms with Crippen molar-refractivity contribution in [1.82, 2.24) is 0 Å². The number of ether oxygens (including phenoxy) is 4. The molecule has 112 valence electrons. The van der Waals surface area contributed by atoms with Crippen LogP contribution in [0.4, 0.5) is 0 Å². The Morgan fingerprint density at radius 3 is 2.50 bits per heavy atom. The van der Waals surface area contributed by atoms with E-state index in [1.807, 2.05) is 30.3 Å². The Labute approximate surface area is 119 Å². The van der Waals surface area contributed by atoms with E-state index in [9.17, 15) is 4.79 Å². The highest BCUT2D eigenvalue weighted by Crippen LogP contribution is 2.03. The molecule has 1 atom stereocenters. The Hall–Kier alpha value is -1.43. The molecule has 0 saturated heterocycles. The van der Waals surface area contributed by atoms with Crippen LogP contribution in [0.3, 0.4) is 0 Å². The van der Waals surface area contributed by atoms with Crippen molar-refractivity contribution in [3.05, 3.63) is 35.9 Å². The van der Waals surface area contributed by atoms with Gasteiger partial charge in [0.05, 0.1) is 26.4 Å². The van der Waals surface area contributed by atoms with Crippen molar-refractivity contribution in [3.8, 4) is 0 Å². The maximum Gasteiger partial charge on any atom is 0.335 e. The topological polar surface area (TPSA) is 54.0 Å². The van der Waals surface area contributed by atoms with E-state index in [-0.39, 0.29) is 12.6 Å². The fourth-order valence-electron chi connectivity index (χ4n) is 1.44. The van der Waals surface area contributed by atoms with Crippen LogP contribution in [0.2, 0.25) is 0 Å². The van der Waals surface area contributed by atoms with Crippen molar-refractivity contribution in [2.45, 2.75) is 19.6 Å². The van der Waals surface area contributed by atoms with E-state index in [4.69, 9.17) is 18.9 Å². The van der Waals surface area contributed by atoms with Gasteiger partial charge in [-0.15, -0.1) is 0 Å². The lowest BCUT2D eigenvalue weighted by Gasteiger charge is -2.12. The summed E-state index contributed by atoms with van der Waals surface area (Å²) in [5, 5.41) is 0. The van der Waals surface area contributed by atoms with Gasteiger partial charge >= 0.3 is 5.97 Å². The molecule has 0 heterocycles. The number of esters is 1. The monoisotopic (exact) mass is 282 g/mol. The minimum absolute atomic E-state index is 0.262. The van der Waals surface area contributed by atoms with Gasteiger partial charge in [0.2, 0.25) is 0 Å². The van der Waals surface area contributed by atoms with Crippen molar-refractivity contribution in [1.29, 1.82) is 0 Å². The van der Waals surface area contributed by atoms with Crippen LogP contribution in [0, 0.1) is 0 Å². The quantitative estimate of drug-likeness (QED) is 0.484. The first-order chi connectivity index (χ1) is 9.74. The average Bonchev–Trinajstić information content (AvgIpc) is 2.49. The van der Waals surface area contributed by atoms with E-state index in [1.165, 1.54) is 0 Å². The highest BCUT2D eigenvalue weighted by atomic mass is 16.6. The number of hydrogen-bond acceptors (Lipinski definition) is 5. The highest BCUT2D eigenvalue weighted by Gasteiger charge is 2.14. The van der Waals surface area contributed by atoms with Crippen LogP contribution in [-0.2, 0) is 30.3 Å². The second-order valence-corrected chi connectivity index (χ2v) is 4.21. The Bertz CT molecular complexity index is 366. The van der Waals surface area contributed by atoms with Crippen LogP contribution in [0.25, 0.3) is 0 Å². The van der Waals surface area contributed by atoms with Crippen molar-refractivity contribution in [2.75, 3.05) is 33.5 Å². The smallest absolute Gasteiger partial charge is 0.335 e. The zero-order valence-corrected chi connectivity index (χ0v) is 12.0. The first-order valence-electron chi connectivity index (χ1n) is 6.63.